The Morgan fingerprint density at radius 2 is 1.87 bits per heavy atom. The molecule has 2 aromatic rings. The molecular weight excluding hydrogens is 529 g/mol. The Labute approximate surface area is 221 Å². The number of hydrogen-bond donors (Lipinski definition) is 3. The van der Waals surface area contributed by atoms with Crippen molar-refractivity contribution < 1.29 is 46.7 Å². The fourth-order valence-corrected chi connectivity index (χ4v) is 4.02. The minimum absolute atomic E-state index is 0.182. The lowest BCUT2D eigenvalue weighted by Gasteiger charge is -2.24. The van der Waals surface area contributed by atoms with Crippen LogP contribution < -0.4 is 11.5 Å². The number of carboxylic acid groups (broad SMARTS) is 1. The largest absolute Gasteiger partial charge is 0.490 e. The lowest BCUT2D eigenvalue weighted by Crippen LogP contribution is -2.38. The number of halogens is 3. The molecule has 0 saturated carbocycles. The van der Waals surface area contributed by atoms with Crippen LogP contribution in [0.4, 0.5) is 18.0 Å². The molecule has 2 heterocycles. The van der Waals surface area contributed by atoms with Gasteiger partial charge in [0.1, 0.15) is 6.61 Å². The van der Waals surface area contributed by atoms with Crippen LogP contribution in [0.5, 0.6) is 0 Å². The van der Waals surface area contributed by atoms with Gasteiger partial charge in [0.15, 0.2) is 5.82 Å². The van der Waals surface area contributed by atoms with Gasteiger partial charge in [0.05, 0.1) is 12.5 Å². The monoisotopic (exact) mass is 560 g/mol. The van der Waals surface area contributed by atoms with Crippen molar-refractivity contribution in [1.82, 2.24) is 15.0 Å². The fourth-order valence-electron chi connectivity index (χ4n) is 4.02. The lowest BCUT2D eigenvalue weighted by molar-refractivity contribution is -0.192. The van der Waals surface area contributed by atoms with Crippen molar-refractivity contribution in [2.45, 2.75) is 51.4 Å². The first-order chi connectivity index (χ1) is 18.4. The highest BCUT2D eigenvalue weighted by molar-refractivity contribution is 5.74. The summed E-state index contributed by atoms with van der Waals surface area (Å²) in [6, 6.07) is 9.09. The Bertz CT molecular complexity index is 1120. The molecule has 1 amide bonds. The van der Waals surface area contributed by atoms with Crippen LogP contribution in [0.2, 0.25) is 0 Å². The minimum Gasteiger partial charge on any atom is -0.475 e. The number of H-pyrrole nitrogens is 1. The topological polar surface area (TPSA) is 178 Å². The summed E-state index contributed by atoms with van der Waals surface area (Å²) in [6.07, 6.45) is -3.00. The van der Waals surface area contributed by atoms with Gasteiger partial charge in [-0.3, -0.25) is 14.3 Å². The number of rotatable bonds is 10. The van der Waals surface area contributed by atoms with Crippen LogP contribution in [-0.2, 0) is 32.1 Å². The van der Waals surface area contributed by atoms with E-state index in [0.717, 1.165) is 5.56 Å². The number of unbranched alkanes of at least 4 members (excludes halogenated alkanes) is 1. The smallest absolute Gasteiger partial charge is 0.475 e. The Hall–Kier alpha value is -3.88. The third-order valence-corrected chi connectivity index (χ3v) is 5.89. The molecule has 1 aromatic carbocycles. The van der Waals surface area contributed by atoms with E-state index < -0.39 is 29.9 Å². The van der Waals surface area contributed by atoms with Gasteiger partial charge < -0.3 is 25.2 Å². The van der Waals surface area contributed by atoms with E-state index in [-0.39, 0.29) is 31.1 Å². The third kappa shape index (κ3) is 10.4. The number of esters is 1. The number of nitrogens with two attached hydrogens (primary N) is 1. The second-order valence-electron chi connectivity index (χ2n) is 8.72. The second-order valence-corrected chi connectivity index (χ2v) is 8.72. The van der Waals surface area contributed by atoms with E-state index in [2.05, 4.69) is 14.7 Å². The summed E-state index contributed by atoms with van der Waals surface area (Å²) in [5.41, 5.74) is 7.23. The molecule has 15 heteroatoms. The number of aryl methyl sites for hydroxylation is 1. The van der Waals surface area contributed by atoms with Gasteiger partial charge in [0, 0.05) is 31.5 Å². The Morgan fingerprint density at radius 1 is 1.21 bits per heavy atom. The summed E-state index contributed by atoms with van der Waals surface area (Å²) >= 11 is 0. The molecule has 1 aromatic heterocycles. The van der Waals surface area contributed by atoms with E-state index in [9.17, 15) is 27.6 Å². The van der Waals surface area contributed by atoms with Gasteiger partial charge in [-0.05, 0) is 25.3 Å². The Kier molecular flexibility index (Phi) is 12.0. The van der Waals surface area contributed by atoms with Crippen LogP contribution in [0.25, 0.3) is 0 Å². The van der Waals surface area contributed by atoms with Crippen molar-refractivity contribution in [1.29, 1.82) is 0 Å². The number of benzene rings is 1. The summed E-state index contributed by atoms with van der Waals surface area (Å²) in [5, 5.41) is 10.8. The van der Waals surface area contributed by atoms with E-state index in [1.807, 2.05) is 30.3 Å². The minimum atomic E-state index is -5.08. The molecule has 1 aliphatic rings. The number of nitrogens with one attached hydrogen (secondary N) is 1. The molecule has 0 bridgehead atoms. The number of hydrogen-bond acceptors (Lipinski definition) is 9. The van der Waals surface area contributed by atoms with Crippen LogP contribution in [0, 0.1) is 11.8 Å². The number of likely N-dealkylation sites (tertiary alicyclic amines) is 1. The maximum Gasteiger partial charge on any atom is 0.490 e. The van der Waals surface area contributed by atoms with Crippen molar-refractivity contribution in [3.8, 4) is 0 Å². The van der Waals surface area contributed by atoms with Gasteiger partial charge in [-0.25, -0.2) is 14.4 Å². The van der Waals surface area contributed by atoms with Crippen LogP contribution in [0.1, 0.15) is 37.6 Å². The van der Waals surface area contributed by atoms with Gasteiger partial charge >= 0.3 is 30.0 Å². The number of aromatic nitrogens is 2. The summed E-state index contributed by atoms with van der Waals surface area (Å²) in [4.78, 5) is 49.2. The van der Waals surface area contributed by atoms with Crippen molar-refractivity contribution in [3.05, 3.63) is 52.3 Å². The Morgan fingerprint density at radius 3 is 2.44 bits per heavy atom. The molecule has 1 aliphatic heterocycles. The van der Waals surface area contributed by atoms with E-state index in [0.29, 0.717) is 44.6 Å². The summed E-state index contributed by atoms with van der Waals surface area (Å²) in [6.45, 7) is 2.89. The Balaban J connectivity index is 0.000000673. The van der Waals surface area contributed by atoms with Crippen LogP contribution >= 0.6 is 0 Å². The standard InChI is InChI=1S/C22H30N4O6.C2HF3O2/c1-2-30-20(27)16(10-6-7-11-19-24-21(28)32-25-19)17-12-26(13-18(17)23)22(29)31-14-15-8-4-3-5-9-15;3-2(4,5)1(6)7/h3-5,8-9,16-18H,2,6-7,10-14,23H2,1H3,(H,24,25,28);(H,6,7)/t16?,17-,18+;/m0./s1. The first-order valence-electron chi connectivity index (χ1n) is 12.1. The molecule has 4 N–H and O–H groups in total. The zero-order valence-corrected chi connectivity index (χ0v) is 21.2. The highest BCUT2D eigenvalue weighted by Gasteiger charge is 2.42. The van der Waals surface area contributed by atoms with Gasteiger partial charge in [0.25, 0.3) is 0 Å². The van der Waals surface area contributed by atoms with Crippen LogP contribution in [0.15, 0.2) is 39.6 Å². The number of alkyl halides is 3. The van der Waals surface area contributed by atoms with E-state index in [4.69, 9.17) is 25.1 Å². The lowest BCUT2D eigenvalue weighted by atomic mass is 9.84. The molecule has 39 heavy (non-hydrogen) atoms. The molecule has 0 spiro atoms. The number of aliphatic carboxylic acids is 1. The summed E-state index contributed by atoms with van der Waals surface area (Å²) < 4.78 is 46.9. The van der Waals surface area contributed by atoms with Crippen molar-refractivity contribution in [2.75, 3.05) is 19.7 Å². The molecule has 1 saturated heterocycles. The molecule has 12 nitrogen and oxygen atoms in total. The third-order valence-electron chi connectivity index (χ3n) is 5.89. The van der Waals surface area contributed by atoms with Crippen molar-refractivity contribution in [2.24, 2.45) is 17.6 Å². The van der Waals surface area contributed by atoms with Gasteiger partial charge in [-0.15, -0.1) is 0 Å². The highest BCUT2D eigenvalue weighted by Crippen LogP contribution is 2.29. The van der Waals surface area contributed by atoms with Crippen molar-refractivity contribution in [3.63, 3.8) is 0 Å². The predicted molar refractivity (Wildman–Crippen MR) is 128 cm³/mol. The normalized spacial score (nSPS) is 17.6. The van der Waals surface area contributed by atoms with Crippen molar-refractivity contribution >= 4 is 18.0 Å². The molecular formula is C24H31F3N4O8. The molecule has 0 aliphatic carbocycles. The van der Waals surface area contributed by atoms with Crippen LogP contribution in [-0.4, -0.2) is 70.1 Å². The van der Waals surface area contributed by atoms with E-state index in [1.165, 1.54) is 0 Å². The number of aromatic amines is 1. The molecule has 0 radical (unpaired) electrons. The quantitative estimate of drug-likeness (QED) is 0.289. The molecule has 1 unspecified atom stereocenters. The molecule has 3 atom stereocenters. The number of carboxylic acids is 1. The summed E-state index contributed by atoms with van der Waals surface area (Å²) in [7, 11) is 0. The number of nitrogens with zero attached hydrogens (tertiary/aromatic N) is 2. The molecule has 216 valence electrons. The number of ether oxygens (including phenoxy) is 2. The SMILES string of the molecule is CCOC(=O)C(CCCCc1noc(=O)[nH]1)[C@@H]1CN(C(=O)OCc2ccccc2)C[C@H]1N.O=C(O)C(F)(F)F. The van der Waals surface area contributed by atoms with Gasteiger partial charge in [-0.2, -0.15) is 13.2 Å². The van der Waals surface area contributed by atoms with E-state index in [1.54, 1.807) is 11.8 Å². The molecule has 1 fully saturated rings. The van der Waals surface area contributed by atoms with Gasteiger partial charge in [0.2, 0.25) is 0 Å². The van der Waals surface area contributed by atoms with E-state index >= 15 is 0 Å². The first kappa shape index (κ1) is 31.3. The predicted octanol–water partition coefficient (Wildman–Crippen LogP) is 2.48. The summed E-state index contributed by atoms with van der Waals surface area (Å²) in [5.74, 6) is -3.80. The highest BCUT2D eigenvalue weighted by atomic mass is 19.4. The molecule has 3 rings (SSSR count). The number of amides is 1. The zero-order valence-electron chi connectivity index (χ0n) is 21.2. The number of carbonyl (C=O) groups excluding carboxylic acids is 2. The maximum atomic E-state index is 12.6. The second kappa shape index (κ2) is 14.9. The zero-order chi connectivity index (χ0) is 29.0. The van der Waals surface area contributed by atoms with Crippen LogP contribution in [0.3, 0.4) is 0 Å². The van der Waals surface area contributed by atoms with Gasteiger partial charge in [-0.1, -0.05) is 41.9 Å². The first-order valence-corrected chi connectivity index (χ1v) is 12.1. The average Bonchev–Trinajstić information content (AvgIpc) is 3.48. The number of carbonyl (C=O) groups is 3. The average molecular weight is 561 g/mol. The fraction of sp³-hybridized carbons (Fsp3) is 0.542. The maximum absolute atomic E-state index is 12.6.